The molecule has 0 saturated heterocycles. The van der Waals surface area contributed by atoms with Gasteiger partial charge in [-0.05, 0) is 44.1 Å². The van der Waals surface area contributed by atoms with Crippen LogP contribution in [-0.4, -0.2) is 12.1 Å². The van der Waals surface area contributed by atoms with Crippen LogP contribution in [0.3, 0.4) is 0 Å². The molecule has 3 rings (SSSR count). The molecule has 0 spiro atoms. The van der Waals surface area contributed by atoms with Gasteiger partial charge in [-0.25, -0.2) is 0 Å². The van der Waals surface area contributed by atoms with Crippen molar-refractivity contribution in [2.75, 3.05) is 0 Å². The van der Waals surface area contributed by atoms with E-state index in [1.807, 2.05) is 0 Å². The lowest BCUT2D eigenvalue weighted by molar-refractivity contribution is 0.254. The zero-order valence-electron chi connectivity index (χ0n) is 12.2. The second-order valence-corrected chi connectivity index (χ2v) is 6.63. The van der Waals surface area contributed by atoms with Gasteiger partial charge in [0.1, 0.15) is 0 Å². The molecule has 0 amide bonds. The Balaban J connectivity index is 1.45. The number of hydrogen-bond donors (Lipinski definition) is 1. The molecule has 2 fully saturated rings. The lowest BCUT2D eigenvalue weighted by Crippen LogP contribution is -2.45. The van der Waals surface area contributed by atoms with E-state index in [9.17, 15) is 0 Å². The largest absolute Gasteiger partial charge is 0.311 e. The standard InChI is InChI=1S/C18H27N/c1-14-8-10-15(11-9-14)16-12-18(13-16)19-17-6-4-2-3-5-7-17/h8-11,16-19H,2-7,12-13H2,1H3. The summed E-state index contributed by atoms with van der Waals surface area (Å²) in [5, 5.41) is 3.91. The van der Waals surface area contributed by atoms with Gasteiger partial charge in [0, 0.05) is 12.1 Å². The molecule has 2 aliphatic carbocycles. The number of aryl methyl sites for hydroxylation is 1. The van der Waals surface area contributed by atoms with E-state index >= 15 is 0 Å². The fourth-order valence-electron chi connectivity index (χ4n) is 3.64. The monoisotopic (exact) mass is 257 g/mol. The van der Waals surface area contributed by atoms with E-state index in [1.54, 1.807) is 5.56 Å². The van der Waals surface area contributed by atoms with E-state index < -0.39 is 0 Å². The minimum atomic E-state index is 0.786. The number of benzene rings is 1. The van der Waals surface area contributed by atoms with Crippen LogP contribution in [0.1, 0.15) is 68.4 Å². The van der Waals surface area contributed by atoms with Crippen molar-refractivity contribution in [2.24, 2.45) is 0 Å². The Morgan fingerprint density at radius 2 is 1.47 bits per heavy atom. The van der Waals surface area contributed by atoms with Gasteiger partial charge in [0.2, 0.25) is 0 Å². The molecule has 1 nitrogen and oxygen atoms in total. The molecule has 1 aromatic carbocycles. The van der Waals surface area contributed by atoms with Crippen molar-refractivity contribution in [3.63, 3.8) is 0 Å². The van der Waals surface area contributed by atoms with Crippen LogP contribution in [0.2, 0.25) is 0 Å². The van der Waals surface area contributed by atoms with Crippen molar-refractivity contribution >= 4 is 0 Å². The normalized spacial score (nSPS) is 28.7. The summed E-state index contributed by atoms with van der Waals surface area (Å²) in [7, 11) is 0. The van der Waals surface area contributed by atoms with Crippen LogP contribution in [0.25, 0.3) is 0 Å². The van der Waals surface area contributed by atoms with Gasteiger partial charge in [0.15, 0.2) is 0 Å². The lowest BCUT2D eigenvalue weighted by atomic mass is 9.75. The van der Waals surface area contributed by atoms with Gasteiger partial charge in [-0.1, -0.05) is 55.5 Å². The Hall–Kier alpha value is -0.820. The van der Waals surface area contributed by atoms with Crippen LogP contribution in [0.4, 0.5) is 0 Å². The van der Waals surface area contributed by atoms with Crippen molar-refractivity contribution < 1.29 is 0 Å². The van der Waals surface area contributed by atoms with Gasteiger partial charge in [-0.2, -0.15) is 0 Å². The molecule has 1 heteroatoms. The SMILES string of the molecule is Cc1ccc(C2CC(NC3CCCCCC3)C2)cc1. The Kier molecular flexibility index (Phi) is 4.22. The summed E-state index contributed by atoms with van der Waals surface area (Å²) in [6, 6.07) is 10.7. The Labute approximate surface area is 117 Å². The molecule has 104 valence electrons. The Bertz CT molecular complexity index is 381. The molecular weight excluding hydrogens is 230 g/mol. The molecule has 0 radical (unpaired) electrons. The van der Waals surface area contributed by atoms with E-state index in [1.165, 1.54) is 56.9 Å². The van der Waals surface area contributed by atoms with Crippen molar-refractivity contribution in [3.8, 4) is 0 Å². The zero-order chi connectivity index (χ0) is 13.1. The van der Waals surface area contributed by atoms with E-state index in [2.05, 4.69) is 36.5 Å². The van der Waals surface area contributed by atoms with Gasteiger partial charge in [0.05, 0.1) is 0 Å². The molecule has 2 aliphatic rings. The highest BCUT2D eigenvalue weighted by atomic mass is 15.0. The molecule has 1 aromatic rings. The molecule has 0 unspecified atom stereocenters. The van der Waals surface area contributed by atoms with E-state index in [0.29, 0.717) is 0 Å². The van der Waals surface area contributed by atoms with Gasteiger partial charge >= 0.3 is 0 Å². The van der Waals surface area contributed by atoms with Crippen molar-refractivity contribution in [2.45, 2.75) is 76.3 Å². The number of nitrogens with one attached hydrogen (secondary N) is 1. The number of rotatable bonds is 3. The first-order valence-corrected chi connectivity index (χ1v) is 8.14. The molecular formula is C18H27N. The first-order chi connectivity index (χ1) is 9.31. The average molecular weight is 257 g/mol. The molecule has 0 bridgehead atoms. The van der Waals surface area contributed by atoms with E-state index in [0.717, 1.165) is 18.0 Å². The topological polar surface area (TPSA) is 12.0 Å². The second kappa shape index (κ2) is 6.09. The third-order valence-corrected chi connectivity index (χ3v) is 5.01. The lowest BCUT2D eigenvalue weighted by Gasteiger charge is -2.39. The molecule has 1 N–H and O–H groups in total. The maximum Gasteiger partial charge on any atom is 0.00813 e. The summed E-state index contributed by atoms with van der Waals surface area (Å²) >= 11 is 0. The van der Waals surface area contributed by atoms with Gasteiger partial charge < -0.3 is 5.32 Å². The molecule has 0 aliphatic heterocycles. The van der Waals surface area contributed by atoms with Gasteiger partial charge in [-0.3, -0.25) is 0 Å². The maximum atomic E-state index is 3.91. The van der Waals surface area contributed by atoms with Gasteiger partial charge in [0.25, 0.3) is 0 Å². The van der Waals surface area contributed by atoms with Crippen molar-refractivity contribution in [3.05, 3.63) is 35.4 Å². The summed E-state index contributed by atoms with van der Waals surface area (Å²) in [6.07, 6.45) is 11.3. The summed E-state index contributed by atoms with van der Waals surface area (Å²) in [5.41, 5.74) is 2.92. The minimum Gasteiger partial charge on any atom is -0.311 e. The summed E-state index contributed by atoms with van der Waals surface area (Å²) in [6.45, 7) is 2.17. The molecule has 0 aromatic heterocycles. The summed E-state index contributed by atoms with van der Waals surface area (Å²) < 4.78 is 0. The highest BCUT2D eigenvalue weighted by Gasteiger charge is 2.31. The maximum absolute atomic E-state index is 3.91. The summed E-state index contributed by atoms with van der Waals surface area (Å²) in [4.78, 5) is 0. The first kappa shape index (κ1) is 13.2. The molecule has 0 heterocycles. The number of hydrogen-bond acceptors (Lipinski definition) is 1. The fourth-order valence-corrected chi connectivity index (χ4v) is 3.64. The predicted octanol–water partition coefficient (Wildman–Crippen LogP) is 4.55. The van der Waals surface area contributed by atoms with Crippen LogP contribution in [0.15, 0.2) is 24.3 Å². The molecule has 19 heavy (non-hydrogen) atoms. The van der Waals surface area contributed by atoms with Crippen LogP contribution in [0.5, 0.6) is 0 Å². The minimum absolute atomic E-state index is 0.786. The smallest absolute Gasteiger partial charge is 0.00813 e. The highest BCUT2D eigenvalue weighted by molar-refractivity contribution is 5.26. The van der Waals surface area contributed by atoms with E-state index in [4.69, 9.17) is 0 Å². The fraction of sp³-hybridized carbons (Fsp3) is 0.667. The third-order valence-electron chi connectivity index (χ3n) is 5.01. The van der Waals surface area contributed by atoms with Crippen LogP contribution >= 0.6 is 0 Å². The summed E-state index contributed by atoms with van der Waals surface area (Å²) in [5.74, 6) is 0.809. The quantitative estimate of drug-likeness (QED) is 0.783. The van der Waals surface area contributed by atoms with Crippen LogP contribution in [-0.2, 0) is 0 Å². The molecule has 2 saturated carbocycles. The van der Waals surface area contributed by atoms with Gasteiger partial charge in [-0.15, -0.1) is 0 Å². The van der Waals surface area contributed by atoms with Crippen LogP contribution in [0, 0.1) is 6.92 Å². The first-order valence-electron chi connectivity index (χ1n) is 8.14. The Morgan fingerprint density at radius 1 is 0.842 bits per heavy atom. The van der Waals surface area contributed by atoms with Crippen molar-refractivity contribution in [1.29, 1.82) is 0 Å². The Morgan fingerprint density at radius 3 is 2.11 bits per heavy atom. The van der Waals surface area contributed by atoms with Crippen molar-refractivity contribution in [1.82, 2.24) is 5.32 Å². The highest BCUT2D eigenvalue weighted by Crippen LogP contribution is 2.37. The van der Waals surface area contributed by atoms with Crippen LogP contribution < -0.4 is 5.32 Å². The third kappa shape index (κ3) is 3.39. The second-order valence-electron chi connectivity index (χ2n) is 6.63. The zero-order valence-corrected chi connectivity index (χ0v) is 12.2. The van der Waals surface area contributed by atoms with E-state index in [-0.39, 0.29) is 0 Å². The molecule has 0 atom stereocenters. The average Bonchev–Trinajstić information content (AvgIpc) is 2.63. The predicted molar refractivity (Wildman–Crippen MR) is 81.6 cm³/mol.